The van der Waals surface area contributed by atoms with Crippen LogP contribution in [-0.2, 0) is 0 Å². The number of rotatable bonds is 4. The Morgan fingerprint density at radius 2 is 2.11 bits per heavy atom. The van der Waals surface area contributed by atoms with Crippen LogP contribution >= 0.6 is 22.9 Å². The Hall–Kier alpha value is -0.930. The first-order chi connectivity index (χ1) is 9.12. The molecule has 0 atom stereocenters. The van der Waals surface area contributed by atoms with Crippen molar-refractivity contribution < 1.29 is 4.39 Å². The number of amidine groups is 1. The van der Waals surface area contributed by atoms with Gasteiger partial charge >= 0.3 is 0 Å². The molecule has 1 aliphatic carbocycles. The molecule has 0 unspecified atom stereocenters. The third-order valence-corrected chi connectivity index (χ3v) is 4.59. The summed E-state index contributed by atoms with van der Waals surface area (Å²) >= 11 is 2.20. The largest absolute Gasteiger partial charge is 0.282 e. The van der Waals surface area contributed by atoms with E-state index >= 15 is 0 Å². The molecule has 5 nitrogen and oxygen atoms in total. The molecular formula is C12H15FIN5. The molecule has 0 bridgehead atoms. The second kappa shape index (κ2) is 4.88. The van der Waals surface area contributed by atoms with Crippen LogP contribution in [0.4, 0.5) is 4.39 Å². The van der Waals surface area contributed by atoms with Gasteiger partial charge in [-0.3, -0.25) is 8.96 Å². The van der Waals surface area contributed by atoms with Gasteiger partial charge in [0.15, 0.2) is 5.84 Å². The maximum atomic E-state index is 12.9. The Morgan fingerprint density at radius 3 is 2.68 bits per heavy atom. The van der Waals surface area contributed by atoms with E-state index in [4.69, 9.17) is 0 Å². The van der Waals surface area contributed by atoms with Crippen molar-refractivity contribution in [1.82, 2.24) is 19.2 Å². The van der Waals surface area contributed by atoms with Gasteiger partial charge in [-0.15, -0.1) is 10.2 Å². The van der Waals surface area contributed by atoms with Gasteiger partial charge in [-0.25, -0.2) is 9.51 Å². The molecule has 1 fully saturated rings. The molecule has 0 aromatic heterocycles. The fourth-order valence-corrected chi connectivity index (χ4v) is 2.70. The summed E-state index contributed by atoms with van der Waals surface area (Å²) in [6, 6.07) is 6.33. The van der Waals surface area contributed by atoms with E-state index in [1.807, 2.05) is 17.3 Å². The zero-order valence-corrected chi connectivity index (χ0v) is 12.7. The van der Waals surface area contributed by atoms with Crippen molar-refractivity contribution in [2.45, 2.75) is 18.4 Å². The zero-order valence-electron chi connectivity index (χ0n) is 10.5. The van der Waals surface area contributed by atoms with Crippen LogP contribution in [0.3, 0.4) is 0 Å². The first kappa shape index (κ1) is 13.1. The average Bonchev–Trinajstić information content (AvgIpc) is 3.09. The number of hydrazine groups is 2. The number of benzene rings is 1. The second-order valence-electron chi connectivity index (χ2n) is 5.00. The molecule has 2 aliphatic rings. The maximum absolute atomic E-state index is 12.9. The van der Waals surface area contributed by atoms with E-state index in [0.717, 1.165) is 17.9 Å². The predicted molar refractivity (Wildman–Crippen MR) is 79.7 cm³/mol. The van der Waals surface area contributed by atoms with Crippen LogP contribution in [-0.4, -0.2) is 35.2 Å². The standard InChI is InChI=1S/C12H15FIN5/c1-18-15-11(9-2-4-10(13)5-3-9)16-19(18)8-12(17-14)6-7-12/h2-5,17H,6-8H2,1H3,(H,15,16). The van der Waals surface area contributed by atoms with Crippen molar-refractivity contribution in [3.63, 3.8) is 0 Å². The van der Waals surface area contributed by atoms with Crippen molar-refractivity contribution in [3.8, 4) is 0 Å². The lowest BCUT2D eigenvalue weighted by molar-refractivity contribution is -0.00868. The predicted octanol–water partition coefficient (Wildman–Crippen LogP) is 1.63. The van der Waals surface area contributed by atoms with Gasteiger partial charge in [0.25, 0.3) is 0 Å². The van der Waals surface area contributed by atoms with Gasteiger partial charge in [0.2, 0.25) is 0 Å². The normalized spacial score (nSPS) is 21.2. The summed E-state index contributed by atoms with van der Waals surface area (Å²) in [5.74, 6) is 0.505. The molecule has 0 amide bonds. The van der Waals surface area contributed by atoms with Gasteiger partial charge in [0.1, 0.15) is 5.82 Å². The minimum Gasteiger partial charge on any atom is -0.282 e. The molecule has 0 spiro atoms. The van der Waals surface area contributed by atoms with Crippen molar-refractivity contribution >= 4 is 28.7 Å². The Balaban J connectivity index is 1.75. The van der Waals surface area contributed by atoms with Crippen LogP contribution in [0.1, 0.15) is 18.4 Å². The first-order valence-corrected chi connectivity index (χ1v) is 7.20. The van der Waals surface area contributed by atoms with E-state index in [0.29, 0.717) is 0 Å². The summed E-state index contributed by atoms with van der Waals surface area (Å²) < 4.78 is 16.2. The lowest BCUT2D eigenvalue weighted by Gasteiger charge is -2.25. The average molecular weight is 375 g/mol. The SMILES string of the molecule is CN1NC(c2ccc(F)cc2)=NN1CC1(NI)CC1. The molecule has 2 N–H and O–H groups in total. The summed E-state index contributed by atoms with van der Waals surface area (Å²) in [4.78, 5) is 0. The highest BCUT2D eigenvalue weighted by Gasteiger charge is 2.45. The van der Waals surface area contributed by atoms with E-state index < -0.39 is 0 Å². The van der Waals surface area contributed by atoms with E-state index in [9.17, 15) is 4.39 Å². The third kappa shape index (κ3) is 2.67. The summed E-state index contributed by atoms with van der Waals surface area (Å²) in [6.45, 7) is 0.824. The third-order valence-electron chi connectivity index (χ3n) is 3.45. The highest BCUT2D eigenvalue weighted by molar-refractivity contribution is 14.1. The Morgan fingerprint density at radius 1 is 1.42 bits per heavy atom. The molecule has 102 valence electrons. The topological polar surface area (TPSA) is 42.9 Å². The lowest BCUT2D eigenvalue weighted by atomic mass is 10.2. The Kier molecular flexibility index (Phi) is 3.35. The molecule has 7 heteroatoms. The van der Waals surface area contributed by atoms with Crippen LogP contribution < -0.4 is 8.96 Å². The van der Waals surface area contributed by atoms with Crippen molar-refractivity contribution in [2.24, 2.45) is 5.10 Å². The van der Waals surface area contributed by atoms with Gasteiger partial charge in [-0.1, -0.05) is 0 Å². The molecule has 1 aliphatic heterocycles. The number of halogens is 2. The van der Waals surface area contributed by atoms with Crippen LogP contribution in [0.5, 0.6) is 0 Å². The van der Waals surface area contributed by atoms with Crippen molar-refractivity contribution in [3.05, 3.63) is 35.6 Å². The number of nitrogens with one attached hydrogen (secondary N) is 2. The van der Waals surface area contributed by atoms with Crippen LogP contribution in [0, 0.1) is 5.82 Å². The van der Waals surface area contributed by atoms with E-state index in [2.05, 4.69) is 36.9 Å². The minimum absolute atomic E-state index is 0.179. The molecule has 1 heterocycles. The van der Waals surface area contributed by atoms with Crippen molar-refractivity contribution in [2.75, 3.05) is 13.6 Å². The van der Waals surface area contributed by atoms with Crippen LogP contribution in [0.2, 0.25) is 0 Å². The highest BCUT2D eigenvalue weighted by Crippen LogP contribution is 2.37. The maximum Gasteiger partial charge on any atom is 0.170 e. The van der Waals surface area contributed by atoms with E-state index in [-0.39, 0.29) is 11.4 Å². The smallest absolute Gasteiger partial charge is 0.170 e. The monoisotopic (exact) mass is 375 g/mol. The van der Waals surface area contributed by atoms with Gasteiger partial charge in [0.05, 0.1) is 6.54 Å². The number of hydrogen-bond donors (Lipinski definition) is 2. The molecule has 0 saturated heterocycles. The summed E-state index contributed by atoms with van der Waals surface area (Å²) in [5, 5.41) is 8.30. The summed E-state index contributed by atoms with van der Waals surface area (Å²) in [6.07, 6.45) is 2.34. The van der Waals surface area contributed by atoms with Gasteiger partial charge in [-0.2, -0.15) is 0 Å². The highest BCUT2D eigenvalue weighted by atomic mass is 127. The first-order valence-electron chi connectivity index (χ1n) is 6.12. The van der Waals surface area contributed by atoms with Crippen LogP contribution in [0.15, 0.2) is 29.4 Å². The zero-order chi connectivity index (χ0) is 13.5. The van der Waals surface area contributed by atoms with Gasteiger partial charge in [0, 0.05) is 41.0 Å². The molecule has 19 heavy (non-hydrogen) atoms. The fraction of sp³-hybridized carbons (Fsp3) is 0.417. The number of hydrazone groups is 1. The van der Waals surface area contributed by atoms with Crippen molar-refractivity contribution in [1.29, 1.82) is 0 Å². The molecular weight excluding hydrogens is 360 g/mol. The molecule has 1 aromatic rings. The molecule has 1 aromatic carbocycles. The van der Waals surface area contributed by atoms with Crippen LogP contribution in [0.25, 0.3) is 0 Å². The van der Waals surface area contributed by atoms with Gasteiger partial charge in [-0.05, 0) is 37.1 Å². The quantitative estimate of drug-likeness (QED) is 0.620. The summed E-state index contributed by atoms with van der Waals surface area (Å²) in [7, 11) is 1.92. The van der Waals surface area contributed by atoms with E-state index in [1.54, 1.807) is 12.1 Å². The molecule has 0 radical (unpaired) electrons. The lowest BCUT2D eigenvalue weighted by Crippen LogP contribution is -2.46. The molecule has 1 saturated carbocycles. The fourth-order valence-electron chi connectivity index (χ4n) is 1.99. The Labute approximate surface area is 125 Å². The van der Waals surface area contributed by atoms with Gasteiger partial charge < -0.3 is 0 Å². The molecule has 3 rings (SSSR count). The number of nitrogens with zero attached hydrogens (tertiary/aromatic N) is 3. The summed E-state index contributed by atoms with van der Waals surface area (Å²) in [5.41, 5.74) is 4.23. The number of hydrogen-bond acceptors (Lipinski definition) is 5. The van der Waals surface area contributed by atoms with E-state index in [1.165, 1.54) is 25.0 Å². The second-order valence-corrected chi connectivity index (χ2v) is 5.54. The Bertz CT molecular complexity index is 499. The minimum atomic E-state index is -0.237.